The van der Waals surface area contributed by atoms with E-state index < -0.39 is 0 Å². The van der Waals surface area contributed by atoms with E-state index in [9.17, 15) is 4.79 Å². The zero-order chi connectivity index (χ0) is 7.68. The van der Waals surface area contributed by atoms with Gasteiger partial charge in [0.2, 0.25) is 6.41 Å². The van der Waals surface area contributed by atoms with E-state index in [2.05, 4.69) is 4.90 Å². The SMILES string of the molecule is O=CN(C1CCC1)C1CCC1. The molecule has 0 heterocycles. The predicted octanol–water partition coefficient (Wildman–Crippen LogP) is 1.55. The Hall–Kier alpha value is -0.530. The lowest BCUT2D eigenvalue weighted by Crippen LogP contribution is -2.48. The Kier molecular flexibility index (Phi) is 1.84. The summed E-state index contributed by atoms with van der Waals surface area (Å²) in [4.78, 5) is 12.8. The molecule has 0 atom stereocenters. The third kappa shape index (κ3) is 1.15. The van der Waals surface area contributed by atoms with Gasteiger partial charge in [0.25, 0.3) is 0 Å². The molecule has 0 aliphatic heterocycles. The van der Waals surface area contributed by atoms with Crippen molar-refractivity contribution >= 4 is 6.41 Å². The Morgan fingerprint density at radius 1 is 1.00 bits per heavy atom. The van der Waals surface area contributed by atoms with Gasteiger partial charge in [-0.25, -0.2) is 0 Å². The van der Waals surface area contributed by atoms with E-state index in [1.165, 1.54) is 38.5 Å². The van der Waals surface area contributed by atoms with Crippen molar-refractivity contribution in [3.05, 3.63) is 0 Å². The van der Waals surface area contributed by atoms with Gasteiger partial charge in [0.15, 0.2) is 0 Å². The van der Waals surface area contributed by atoms with Crippen LogP contribution in [0.2, 0.25) is 0 Å². The highest BCUT2D eigenvalue weighted by Crippen LogP contribution is 2.32. The standard InChI is InChI=1S/C9H15NO/c11-7-10(8-3-1-4-8)9-5-2-6-9/h7-9H,1-6H2. The zero-order valence-corrected chi connectivity index (χ0v) is 6.83. The molecular weight excluding hydrogens is 138 g/mol. The van der Waals surface area contributed by atoms with E-state index in [1.807, 2.05) is 0 Å². The van der Waals surface area contributed by atoms with Crippen LogP contribution in [-0.2, 0) is 4.79 Å². The lowest BCUT2D eigenvalue weighted by molar-refractivity contribution is -0.126. The van der Waals surface area contributed by atoms with Crippen LogP contribution in [0.3, 0.4) is 0 Å². The lowest BCUT2D eigenvalue weighted by Gasteiger charge is -2.43. The van der Waals surface area contributed by atoms with Crippen molar-refractivity contribution in [1.29, 1.82) is 0 Å². The summed E-state index contributed by atoms with van der Waals surface area (Å²) in [7, 11) is 0. The number of amides is 1. The van der Waals surface area contributed by atoms with Crippen molar-refractivity contribution in [3.63, 3.8) is 0 Å². The Morgan fingerprint density at radius 3 is 1.64 bits per heavy atom. The number of carbonyl (C=O) groups is 1. The van der Waals surface area contributed by atoms with Gasteiger partial charge in [-0.15, -0.1) is 0 Å². The second-order valence-electron chi connectivity index (χ2n) is 3.72. The maximum absolute atomic E-state index is 10.7. The molecule has 2 saturated carbocycles. The minimum Gasteiger partial charge on any atom is -0.339 e. The first-order chi connectivity index (χ1) is 5.42. The molecule has 0 aromatic rings. The number of hydrogen-bond donors (Lipinski definition) is 0. The molecule has 0 aromatic carbocycles. The average molecular weight is 153 g/mol. The van der Waals surface area contributed by atoms with Gasteiger partial charge >= 0.3 is 0 Å². The Bertz CT molecular complexity index is 136. The largest absolute Gasteiger partial charge is 0.339 e. The highest BCUT2D eigenvalue weighted by atomic mass is 16.1. The van der Waals surface area contributed by atoms with E-state index in [4.69, 9.17) is 0 Å². The first kappa shape index (κ1) is 7.14. The van der Waals surface area contributed by atoms with E-state index in [1.54, 1.807) is 0 Å². The maximum atomic E-state index is 10.7. The van der Waals surface area contributed by atoms with Crippen molar-refractivity contribution < 1.29 is 4.79 Å². The number of carbonyl (C=O) groups excluding carboxylic acids is 1. The van der Waals surface area contributed by atoms with Gasteiger partial charge in [0.05, 0.1) is 0 Å². The first-order valence-corrected chi connectivity index (χ1v) is 4.64. The summed E-state index contributed by atoms with van der Waals surface area (Å²) in [6.07, 6.45) is 8.69. The van der Waals surface area contributed by atoms with Gasteiger partial charge in [0, 0.05) is 12.1 Å². The Morgan fingerprint density at radius 2 is 1.45 bits per heavy atom. The third-order valence-electron chi connectivity index (χ3n) is 3.11. The minimum atomic E-state index is 0.609. The topological polar surface area (TPSA) is 20.3 Å². The van der Waals surface area contributed by atoms with Crippen LogP contribution < -0.4 is 0 Å². The summed E-state index contributed by atoms with van der Waals surface area (Å²) in [5.74, 6) is 0. The van der Waals surface area contributed by atoms with Crippen LogP contribution in [0.1, 0.15) is 38.5 Å². The molecular formula is C9H15NO. The lowest BCUT2D eigenvalue weighted by atomic mass is 9.85. The molecule has 2 rings (SSSR count). The summed E-state index contributed by atoms with van der Waals surface area (Å²) < 4.78 is 0. The monoisotopic (exact) mass is 153 g/mol. The maximum Gasteiger partial charge on any atom is 0.210 e. The van der Waals surface area contributed by atoms with Gasteiger partial charge in [-0.05, 0) is 38.5 Å². The van der Waals surface area contributed by atoms with Crippen LogP contribution in [0.4, 0.5) is 0 Å². The summed E-state index contributed by atoms with van der Waals surface area (Å²) in [6, 6.07) is 1.22. The molecule has 0 unspecified atom stereocenters. The molecule has 0 radical (unpaired) electrons. The summed E-state index contributed by atoms with van der Waals surface area (Å²) in [6.45, 7) is 0. The fourth-order valence-corrected chi connectivity index (χ4v) is 1.84. The van der Waals surface area contributed by atoms with Crippen LogP contribution in [0, 0.1) is 0 Å². The zero-order valence-electron chi connectivity index (χ0n) is 6.83. The van der Waals surface area contributed by atoms with Crippen molar-refractivity contribution in [2.75, 3.05) is 0 Å². The molecule has 0 saturated heterocycles. The van der Waals surface area contributed by atoms with Crippen LogP contribution >= 0.6 is 0 Å². The quantitative estimate of drug-likeness (QED) is 0.563. The Labute approximate surface area is 67.6 Å². The van der Waals surface area contributed by atoms with Gasteiger partial charge in [-0.3, -0.25) is 4.79 Å². The average Bonchev–Trinajstić information content (AvgIpc) is 1.78. The summed E-state index contributed by atoms with van der Waals surface area (Å²) >= 11 is 0. The number of rotatable bonds is 3. The van der Waals surface area contributed by atoms with Gasteiger partial charge in [-0.1, -0.05) is 0 Å². The van der Waals surface area contributed by atoms with Crippen molar-refractivity contribution in [2.45, 2.75) is 50.6 Å². The van der Waals surface area contributed by atoms with Gasteiger partial charge in [0.1, 0.15) is 0 Å². The first-order valence-electron chi connectivity index (χ1n) is 4.64. The molecule has 0 N–H and O–H groups in total. The molecule has 2 aliphatic rings. The van der Waals surface area contributed by atoms with Gasteiger partial charge < -0.3 is 4.90 Å². The molecule has 2 heteroatoms. The number of hydrogen-bond acceptors (Lipinski definition) is 1. The van der Waals surface area contributed by atoms with Crippen molar-refractivity contribution in [1.82, 2.24) is 4.90 Å². The molecule has 0 spiro atoms. The predicted molar refractivity (Wildman–Crippen MR) is 43.2 cm³/mol. The molecule has 2 nitrogen and oxygen atoms in total. The highest BCUT2D eigenvalue weighted by Gasteiger charge is 2.32. The van der Waals surface area contributed by atoms with Crippen LogP contribution in [-0.4, -0.2) is 23.4 Å². The van der Waals surface area contributed by atoms with Crippen molar-refractivity contribution in [2.24, 2.45) is 0 Å². The smallest absolute Gasteiger partial charge is 0.210 e. The normalized spacial score (nSPS) is 25.5. The second-order valence-corrected chi connectivity index (χ2v) is 3.72. The third-order valence-corrected chi connectivity index (χ3v) is 3.11. The van der Waals surface area contributed by atoms with Crippen LogP contribution in [0.15, 0.2) is 0 Å². The van der Waals surface area contributed by atoms with E-state index in [0.29, 0.717) is 12.1 Å². The fraction of sp³-hybridized carbons (Fsp3) is 0.889. The summed E-state index contributed by atoms with van der Waals surface area (Å²) in [5.41, 5.74) is 0. The molecule has 11 heavy (non-hydrogen) atoms. The fourth-order valence-electron chi connectivity index (χ4n) is 1.84. The molecule has 1 amide bonds. The molecule has 2 aliphatic carbocycles. The highest BCUT2D eigenvalue weighted by molar-refractivity contribution is 5.49. The van der Waals surface area contributed by atoms with Crippen LogP contribution in [0.5, 0.6) is 0 Å². The molecule has 0 bridgehead atoms. The van der Waals surface area contributed by atoms with E-state index in [-0.39, 0.29) is 0 Å². The van der Waals surface area contributed by atoms with E-state index >= 15 is 0 Å². The van der Waals surface area contributed by atoms with E-state index in [0.717, 1.165) is 6.41 Å². The number of nitrogens with zero attached hydrogens (tertiary/aromatic N) is 1. The second kappa shape index (κ2) is 2.84. The molecule has 62 valence electrons. The Balaban J connectivity index is 1.88. The van der Waals surface area contributed by atoms with Gasteiger partial charge in [-0.2, -0.15) is 0 Å². The van der Waals surface area contributed by atoms with Crippen LogP contribution in [0.25, 0.3) is 0 Å². The minimum absolute atomic E-state index is 0.609. The summed E-state index contributed by atoms with van der Waals surface area (Å²) in [5, 5.41) is 0. The molecule has 2 fully saturated rings. The molecule has 0 aromatic heterocycles. The van der Waals surface area contributed by atoms with Crippen molar-refractivity contribution in [3.8, 4) is 0 Å².